The monoisotopic (exact) mass is 279 g/mol. The van der Waals surface area contributed by atoms with Crippen LogP contribution in [-0.2, 0) is 16.0 Å². The summed E-state index contributed by atoms with van der Waals surface area (Å²) in [5.41, 5.74) is 0.206. The maximum atomic E-state index is 12.4. The molecule has 0 saturated carbocycles. The molecule has 1 N–H and O–H groups in total. The molecule has 0 saturated heterocycles. The number of carboxylic acids is 1. The molecule has 0 aliphatic rings. The standard InChI is InChI=1S/C15H21NO4/c1-15(2,3)16(10-14(18)19)13(17)9-11-7-5-6-8-12(11)20-4/h5-8H,9-10H2,1-4H3,(H,18,19). The number of carbonyl (C=O) groups is 2. The smallest absolute Gasteiger partial charge is 0.323 e. The molecule has 0 fully saturated rings. The molecule has 0 aliphatic heterocycles. The third-order valence-corrected chi connectivity index (χ3v) is 2.94. The normalized spacial score (nSPS) is 11.0. The minimum Gasteiger partial charge on any atom is -0.496 e. The maximum absolute atomic E-state index is 12.4. The number of hydrogen-bond acceptors (Lipinski definition) is 3. The van der Waals surface area contributed by atoms with Gasteiger partial charge in [-0.1, -0.05) is 18.2 Å². The van der Waals surface area contributed by atoms with Gasteiger partial charge >= 0.3 is 5.97 Å². The minimum atomic E-state index is -1.02. The zero-order valence-electron chi connectivity index (χ0n) is 12.3. The lowest BCUT2D eigenvalue weighted by Gasteiger charge is -2.34. The lowest BCUT2D eigenvalue weighted by Crippen LogP contribution is -2.48. The molecule has 1 aromatic carbocycles. The molecule has 0 radical (unpaired) electrons. The summed E-state index contributed by atoms with van der Waals surface area (Å²) >= 11 is 0. The van der Waals surface area contributed by atoms with Crippen LogP contribution in [0.2, 0.25) is 0 Å². The number of hydrogen-bond donors (Lipinski definition) is 1. The molecule has 20 heavy (non-hydrogen) atoms. The summed E-state index contributed by atoms with van der Waals surface area (Å²) in [5, 5.41) is 8.94. The lowest BCUT2D eigenvalue weighted by molar-refractivity contribution is -0.147. The Morgan fingerprint density at radius 3 is 2.35 bits per heavy atom. The first kappa shape index (κ1) is 16.0. The van der Waals surface area contributed by atoms with Gasteiger partial charge in [0.15, 0.2) is 0 Å². The molecular weight excluding hydrogens is 258 g/mol. The van der Waals surface area contributed by atoms with Gasteiger partial charge in [-0.05, 0) is 26.8 Å². The van der Waals surface area contributed by atoms with Gasteiger partial charge in [-0.15, -0.1) is 0 Å². The molecule has 0 spiro atoms. The number of carboxylic acid groups (broad SMARTS) is 1. The quantitative estimate of drug-likeness (QED) is 0.894. The highest BCUT2D eigenvalue weighted by molar-refractivity contribution is 5.84. The number of methoxy groups -OCH3 is 1. The maximum Gasteiger partial charge on any atom is 0.323 e. The molecule has 0 atom stereocenters. The molecule has 0 bridgehead atoms. The van der Waals surface area contributed by atoms with E-state index in [1.165, 1.54) is 4.90 Å². The third-order valence-electron chi connectivity index (χ3n) is 2.94. The van der Waals surface area contributed by atoms with E-state index in [1.54, 1.807) is 19.2 Å². The molecule has 0 aromatic heterocycles. The van der Waals surface area contributed by atoms with Crippen molar-refractivity contribution in [2.24, 2.45) is 0 Å². The molecule has 0 unspecified atom stereocenters. The van der Waals surface area contributed by atoms with Crippen molar-refractivity contribution in [3.05, 3.63) is 29.8 Å². The van der Waals surface area contributed by atoms with E-state index in [-0.39, 0.29) is 18.9 Å². The van der Waals surface area contributed by atoms with Crippen LogP contribution in [-0.4, -0.2) is 41.1 Å². The molecule has 0 aliphatic carbocycles. The Bertz CT molecular complexity index is 491. The highest BCUT2D eigenvalue weighted by Gasteiger charge is 2.28. The van der Waals surface area contributed by atoms with Crippen LogP contribution in [0.25, 0.3) is 0 Å². The van der Waals surface area contributed by atoms with Crippen molar-refractivity contribution in [1.82, 2.24) is 4.90 Å². The molecule has 1 aromatic rings. The van der Waals surface area contributed by atoms with Crippen molar-refractivity contribution in [2.45, 2.75) is 32.7 Å². The van der Waals surface area contributed by atoms with Gasteiger partial charge in [0, 0.05) is 11.1 Å². The van der Waals surface area contributed by atoms with Crippen molar-refractivity contribution in [1.29, 1.82) is 0 Å². The van der Waals surface area contributed by atoms with Crippen molar-refractivity contribution in [3.8, 4) is 5.75 Å². The van der Waals surface area contributed by atoms with E-state index >= 15 is 0 Å². The van der Waals surface area contributed by atoms with Crippen LogP contribution >= 0.6 is 0 Å². The number of para-hydroxylation sites is 1. The van der Waals surface area contributed by atoms with Gasteiger partial charge in [0.1, 0.15) is 12.3 Å². The zero-order valence-corrected chi connectivity index (χ0v) is 12.3. The number of carbonyl (C=O) groups excluding carboxylic acids is 1. The molecule has 1 amide bonds. The minimum absolute atomic E-state index is 0.120. The summed E-state index contributed by atoms with van der Waals surface area (Å²) < 4.78 is 5.21. The number of rotatable bonds is 5. The predicted octanol–water partition coefficient (Wildman–Crippen LogP) is 1.95. The van der Waals surface area contributed by atoms with E-state index in [0.717, 1.165) is 5.56 Å². The van der Waals surface area contributed by atoms with Gasteiger partial charge in [0.2, 0.25) is 5.91 Å². The Morgan fingerprint density at radius 2 is 1.85 bits per heavy atom. The van der Waals surface area contributed by atoms with Gasteiger partial charge in [-0.2, -0.15) is 0 Å². The first-order valence-corrected chi connectivity index (χ1v) is 6.40. The molecule has 5 nitrogen and oxygen atoms in total. The lowest BCUT2D eigenvalue weighted by atomic mass is 10.0. The highest BCUT2D eigenvalue weighted by atomic mass is 16.5. The van der Waals surface area contributed by atoms with Crippen LogP contribution in [0.4, 0.5) is 0 Å². The summed E-state index contributed by atoms with van der Waals surface area (Å²) in [4.78, 5) is 24.7. The van der Waals surface area contributed by atoms with E-state index < -0.39 is 11.5 Å². The van der Waals surface area contributed by atoms with Crippen LogP contribution in [0.15, 0.2) is 24.3 Å². The fourth-order valence-electron chi connectivity index (χ4n) is 1.94. The van der Waals surface area contributed by atoms with Gasteiger partial charge in [0.25, 0.3) is 0 Å². The number of benzene rings is 1. The van der Waals surface area contributed by atoms with Crippen molar-refractivity contribution < 1.29 is 19.4 Å². The molecular formula is C15H21NO4. The summed E-state index contributed by atoms with van der Waals surface area (Å²) in [6.07, 6.45) is 0.120. The summed E-state index contributed by atoms with van der Waals surface area (Å²) in [5.74, 6) is -0.622. The van der Waals surface area contributed by atoms with Crippen molar-refractivity contribution >= 4 is 11.9 Å². The Kier molecular flexibility index (Phi) is 5.13. The largest absolute Gasteiger partial charge is 0.496 e. The van der Waals surface area contributed by atoms with Crippen molar-refractivity contribution in [3.63, 3.8) is 0 Å². The Morgan fingerprint density at radius 1 is 1.25 bits per heavy atom. The predicted molar refractivity (Wildman–Crippen MR) is 75.8 cm³/mol. The Hall–Kier alpha value is -2.04. The van der Waals surface area contributed by atoms with Crippen LogP contribution < -0.4 is 4.74 Å². The molecule has 5 heteroatoms. The average Bonchev–Trinajstić information content (AvgIpc) is 2.35. The molecule has 110 valence electrons. The molecule has 0 heterocycles. The van der Waals surface area contributed by atoms with E-state index in [0.29, 0.717) is 5.75 Å². The van der Waals surface area contributed by atoms with Crippen LogP contribution in [0.3, 0.4) is 0 Å². The topological polar surface area (TPSA) is 66.8 Å². The summed E-state index contributed by atoms with van der Waals surface area (Å²) in [6, 6.07) is 7.23. The third kappa shape index (κ3) is 4.26. The first-order valence-electron chi connectivity index (χ1n) is 6.40. The number of ether oxygens (including phenoxy) is 1. The second-order valence-corrected chi connectivity index (χ2v) is 5.53. The summed E-state index contributed by atoms with van der Waals surface area (Å²) in [7, 11) is 1.54. The van der Waals surface area contributed by atoms with Gasteiger partial charge in [-0.3, -0.25) is 9.59 Å². The van der Waals surface area contributed by atoms with Crippen LogP contribution in [0.5, 0.6) is 5.75 Å². The van der Waals surface area contributed by atoms with E-state index in [1.807, 2.05) is 32.9 Å². The first-order chi connectivity index (χ1) is 9.25. The fraction of sp³-hybridized carbons (Fsp3) is 0.467. The summed E-state index contributed by atoms with van der Waals surface area (Å²) in [6.45, 7) is 5.14. The number of amides is 1. The highest BCUT2D eigenvalue weighted by Crippen LogP contribution is 2.21. The Balaban J connectivity index is 2.94. The number of aliphatic carboxylic acids is 1. The van der Waals surface area contributed by atoms with E-state index in [4.69, 9.17) is 9.84 Å². The van der Waals surface area contributed by atoms with Gasteiger partial charge < -0.3 is 14.7 Å². The Labute approximate surface area is 119 Å². The fourth-order valence-corrected chi connectivity index (χ4v) is 1.94. The van der Waals surface area contributed by atoms with Crippen molar-refractivity contribution in [2.75, 3.05) is 13.7 Å². The van der Waals surface area contributed by atoms with E-state index in [9.17, 15) is 9.59 Å². The van der Waals surface area contributed by atoms with E-state index in [2.05, 4.69) is 0 Å². The zero-order chi connectivity index (χ0) is 15.3. The number of nitrogens with zero attached hydrogens (tertiary/aromatic N) is 1. The second kappa shape index (κ2) is 6.41. The second-order valence-electron chi connectivity index (χ2n) is 5.53. The van der Waals surface area contributed by atoms with Crippen LogP contribution in [0.1, 0.15) is 26.3 Å². The van der Waals surface area contributed by atoms with Gasteiger partial charge in [-0.25, -0.2) is 0 Å². The molecule has 1 rings (SSSR count). The van der Waals surface area contributed by atoms with Gasteiger partial charge in [0.05, 0.1) is 13.5 Å². The SMILES string of the molecule is COc1ccccc1CC(=O)N(CC(=O)O)C(C)(C)C. The van der Waals surface area contributed by atoms with Crippen LogP contribution in [0, 0.1) is 0 Å². The average molecular weight is 279 g/mol.